The highest BCUT2D eigenvalue weighted by Gasteiger charge is 2.35. The minimum Gasteiger partial charge on any atom is -0.377 e. The van der Waals surface area contributed by atoms with Crippen LogP contribution in [0.5, 0.6) is 0 Å². The minimum atomic E-state index is -0.538. The third-order valence-electron chi connectivity index (χ3n) is 3.27. The molecule has 0 radical (unpaired) electrons. The van der Waals surface area contributed by atoms with E-state index in [2.05, 4.69) is 5.32 Å². The molecule has 0 aliphatic carbocycles. The zero-order chi connectivity index (χ0) is 14.4. The Hall–Kier alpha value is -1.14. The van der Waals surface area contributed by atoms with Gasteiger partial charge in [-0.15, -0.1) is 0 Å². The van der Waals surface area contributed by atoms with Crippen LogP contribution in [0.4, 0.5) is 0 Å². The monoisotopic (exact) mass is 271 g/mol. The summed E-state index contributed by atoms with van der Waals surface area (Å²) in [4.78, 5) is 26.1. The third-order valence-corrected chi connectivity index (χ3v) is 3.27. The van der Waals surface area contributed by atoms with Crippen molar-refractivity contribution < 1.29 is 14.3 Å². The van der Waals surface area contributed by atoms with Crippen LogP contribution in [0.25, 0.3) is 0 Å². The van der Waals surface area contributed by atoms with Gasteiger partial charge in [0.25, 0.3) is 0 Å². The third kappa shape index (κ3) is 4.18. The van der Waals surface area contributed by atoms with Crippen molar-refractivity contribution in [3.8, 4) is 0 Å². The first-order chi connectivity index (χ1) is 9.01. The molecule has 110 valence electrons. The Kier molecular flexibility index (Phi) is 6.24. The molecule has 0 bridgehead atoms. The van der Waals surface area contributed by atoms with E-state index < -0.39 is 6.04 Å². The maximum atomic E-state index is 12.4. The van der Waals surface area contributed by atoms with Gasteiger partial charge in [0.1, 0.15) is 6.04 Å². The smallest absolute Gasteiger partial charge is 0.245 e. The lowest BCUT2D eigenvalue weighted by atomic mass is 10.0. The highest BCUT2D eigenvalue weighted by molar-refractivity contribution is 5.89. The Morgan fingerprint density at radius 3 is 2.68 bits per heavy atom. The highest BCUT2D eigenvalue weighted by atomic mass is 16.5. The summed E-state index contributed by atoms with van der Waals surface area (Å²) in [6.45, 7) is 7.20. The normalized spacial score (nSPS) is 21.3. The van der Waals surface area contributed by atoms with Gasteiger partial charge in [-0.05, 0) is 20.3 Å². The molecule has 0 spiro atoms. The fourth-order valence-electron chi connectivity index (χ4n) is 2.14. The van der Waals surface area contributed by atoms with Crippen molar-refractivity contribution in [2.75, 3.05) is 26.3 Å². The number of ether oxygens (including phenoxy) is 1. The highest BCUT2D eigenvalue weighted by Crippen LogP contribution is 2.14. The molecule has 6 nitrogen and oxygen atoms in total. The molecule has 1 aliphatic rings. The number of rotatable bonds is 5. The topological polar surface area (TPSA) is 84.7 Å². The molecule has 1 heterocycles. The van der Waals surface area contributed by atoms with Crippen molar-refractivity contribution in [3.05, 3.63) is 0 Å². The minimum absolute atomic E-state index is 0.0443. The molecule has 1 rings (SSSR count). The molecule has 2 unspecified atom stereocenters. The van der Waals surface area contributed by atoms with Gasteiger partial charge in [0.15, 0.2) is 0 Å². The Morgan fingerprint density at radius 1 is 1.47 bits per heavy atom. The Bertz CT molecular complexity index is 316. The molecular formula is C13H25N3O3. The van der Waals surface area contributed by atoms with Gasteiger partial charge in [-0.3, -0.25) is 9.59 Å². The maximum Gasteiger partial charge on any atom is 0.245 e. The number of hydrogen-bond donors (Lipinski definition) is 2. The van der Waals surface area contributed by atoms with Crippen LogP contribution in [0.1, 0.15) is 27.2 Å². The maximum absolute atomic E-state index is 12.4. The van der Waals surface area contributed by atoms with Gasteiger partial charge in [-0.2, -0.15) is 0 Å². The average molecular weight is 271 g/mol. The molecule has 6 heteroatoms. The largest absolute Gasteiger partial charge is 0.377 e. The van der Waals surface area contributed by atoms with Crippen molar-refractivity contribution in [2.45, 2.75) is 39.3 Å². The van der Waals surface area contributed by atoms with Crippen LogP contribution in [0.2, 0.25) is 0 Å². The van der Waals surface area contributed by atoms with Crippen LogP contribution in [-0.4, -0.2) is 55.1 Å². The molecule has 1 aliphatic heterocycles. The van der Waals surface area contributed by atoms with Gasteiger partial charge in [-0.25, -0.2) is 0 Å². The zero-order valence-corrected chi connectivity index (χ0v) is 12.0. The van der Waals surface area contributed by atoms with Gasteiger partial charge >= 0.3 is 0 Å². The lowest BCUT2D eigenvalue weighted by molar-refractivity contribution is -0.151. The molecule has 19 heavy (non-hydrogen) atoms. The van der Waals surface area contributed by atoms with Crippen molar-refractivity contribution >= 4 is 11.8 Å². The van der Waals surface area contributed by atoms with E-state index in [4.69, 9.17) is 10.5 Å². The second-order valence-electron chi connectivity index (χ2n) is 5.13. The van der Waals surface area contributed by atoms with Gasteiger partial charge in [0, 0.05) is 19.1 Å². The van der Waals surface area contributed by atoms with E-state index >= 15 is 0 Å². The van der Waals surface area contributed by atoms with E-state index in [0.717, 1.165) is 0 Å². The second-order valence-corrected chi connectivity index (χ2v) is 5.13. The SMILES string of the molecule is CCC(CN)C(=O)N1CCOCC1C(=O)NC(C)C. The summed E-state index contributed by atoms with van der Waals surface area (Å²) in [7, 11) is 0. The molecule has 2 amide bonds. The van der Waals surface area contributed by atoms with Crippen LogP contribution in [0.3, 0.4) is 0 Å². The molecule has 0 aromatic carbocycles. The predicted molar refractivity (Wildman–Crippen MR) is 72.4 cm³/mol. The summed E-state index contributed by atoms with van der Waals surface area (Å²) in [5, 5.41) is 2.83. The lowest BCUT2D eigenvalue weighted by Gasteiger charge is -2.36. The quantitative estimate of drug-likeness (QED) is 0.720. The van der Waals surface area contributed by atoms with Gasteiger partial charge in [-0.1, -0.05) is 6.92 Å². The van der Waals surface area contributed by atoms with Gasteiger partial charge in [0.05, 0.1) is 19.1 Å². The van der Waals surface area contributed by atoms with Crippen LogP contribution in [0, 0.1) is 5.92 Å². The zero-order valence-electron chi connectivity index (χ0n) is 12.0. The van der Waals surface area contributed by atoms with Crippen LogP contribution < -0.4 is 11.1 Å². The standard InChI is InChI=1S/C13H25N3O3/c1-4-10(7-14)13(18)16-5-6-19-8-11(16)12(17)15-9(2)3/h9-11H,4-8,14H2,1-3H3,(H,15,17). The number of morpholine rings is 1. The molecule has 1 saturated heterocycles. The summed E-state index contributed by atoms with van der Waals surface area (Å²) in [6.07, 6.45) is 0.686. The van der Waals surface area contributed by atoms with E-state index in [1.54, 1.807) is 4.90 Å². The van der Waals surface area contributed by atoms with Crippen LogP contribution in [0.15, 0.2) is 0 Å². The summed E-state index contributed by atoms with van der Waals surface area (Å²) in [5.41, 5.74) is 5.61. The number of carbonyl (C=O) groups excluding carboxylic acids is 2. The predicted octanol–water partition coefficient (Wildman–Crippen LogP) is -0.277. The second kappa shape index (κ2) is 7.45. The van der Waals surface area contributed by atoms with E-state index in [-0.39, 0.29) is 30.4 Å². The molecule has 0 aromatic rings. The fourth-order valence-corrected chi connectivity index (χ4v) is 2.14. The lowest BCUT2D eigenvalue weighted by Crippen LogP contribution is -2.58. The summed E-state index contributed by atoms with van der Waals surface area (Å²) < 4.78 is 5.33. The Morgan fingerprint density at radius 2 is 2.16 bits per heavy atom. The summed E-state index contributed by atoms with van der Waals surface area (Å²) in [5.74, 6) is -0.417. The van der Waals surface area contributed by atoms with E-state index in [1.165, 1.54) is 0 Å². The van der Waals surface area contributed by atoms with Crippen LogP contribution in [-0.2, 0) is 14.3 Å². The molecule has 1 fully saturated rings. The summed E-state index contributed by atoms with van der Waals surface area (Å²) in [6, 6.07) is -0.493. The number of nitrogens with zero attached hydrogens (tertiary/aromatic N) is 1. The molecule has 2 atom stereocenters. The molecular weight excluding hydrogens is 246 g/mol. The van der Waals surface area contributed by atoms with Gasteiger partial charge in [0.2, 0.25) is 11.8 Å². The number of nitrogens with two attached hydrogens (primary N) is 1. The number of hydrogen-bond acceptors (Lipinski definition) is 4. The molecule has 0 saturated carbocycles. The first kappa shape index (κ1) is 15.9. The van der Waals surface area contributed by atoms with Crippen LogP contribution >= 0.6 is 0 Å². The first-order valence-corrected chi connectivity index (χ1v) is 6.89. The van der Waals surface area contributed by atoms with E-state index in [9.17, 15) is 9.59 Å². The fraction of sp³-hybridized carbons (Fsp3) is 0.846. The number of amides is 2. The van der Waals surface area contributed by atoms with Crippen molar-refractivity contribution in [1.29, 1.82) is 0 Å². The Balaban J connectivity index is 2.77. The average Bonchev–Trinajstić information content (AvgIpc) is 2.39. The number of carbonyl (C=O) groups is 2. The summed E-state index contributed by atoms with van der Waals surface area (Å²) >= 11 is 0. The first-order valence-electron chi connectivity index (χ1n) is 6.89. The van der Waals surface area contributed by atoms with Crippen molar-refractivity contribution in [1.82, 2.24) is 10.2 Å². The Labute approximate surface area is 114 Å². The molecule has 0 aromatic heterocycles. The van der Waals surface area contributed by atoms with Gasteiger partial charge < -0.3 is 20.7 Å². The molecule has 3 N–H and O–H groups in total. The van der Waals surface area contributed by atoms with E-state index in [0.29, 0.717) is 26.1 Å². The van der Waals surface area contributed by atoms with Crippen molar-refractivity contribution in [3.63, 3.8) is 0 Å². The number of nitrogens with one attached hydrogen (secondary N) is 1. The van der Waals surface area contributed by atoms with Crippen molar-refractivity contribution in [2.24, 2.45) is 11.7 Å². The van der Waals surface area contributed by atoms with E-state index in [1.807, 2.05) is 20.8 Å².